The lowest BCUT2D eigenvalue weighted by Gasteiger charge is -2.07. The zero-order valence-corrected chi connectivity index (χ0v) is 14.2. The van der Waals surface area contributed by atoms with Crippen molar-refractivity contribution >= 4 is 0 Å². The molecule has 0 radical (unpaired) electrons. The Morgan fingerprint density at radius 3 is 1.88 bits per heavy atom. The van der Waals surface area contributed by atoms with Crippen LogP contribution < -0.4 is 0 Å². The maximum absolute atomic E-state index is 5.82. The quantitative estimate of drug-likeness (QED) is 0.485. The summed E-state index contributed by atoms with van der Waals surface area (Å²) in [4.78, 5) is 0. The number of aromatic nitrogens is 2. The molecule has 25 heavy (non-hydrogen) atoms. The number of hydrogen-bond acceptors (Lipinski definition) is 3. The zero-order valence-electron chi connectivity index (χ0n) is 14.2. The fourth-order valence-electron chi connectivity index (χ4n) is 2.97. The molecule has 0 saturated heterocycles. The van der Waals surface area contributed by atoms with Crippen molar-refractivity contribution in [2.75, 3.05) is 0 Å². The Hall–Kier alpha value is -3.20. The van der Waals surface area contributed by atoms with Crippen molar-refractivity contribution in [2.24, 2.45) is 0 Å². The monoisotopic (exact) mass is 326 g/mol. The molecule has 1 heterocycles. The van der Waals surface area contributed by atoms with Crippen molar-refractivity contribution in [3.8, 4) is 34.0 Å². The summed E-state index contributed by atoms with van der Waals surface area (Å²) in [5, 5.41) is 8.33. The van der Waals surface area contributed by atoms with Crippen molar-refractivity contribution in [3.05, 3.63) is 83.9 Å². The van der Waals surface area contributed by atoms with Gasteiger partial charge in [0.1, 0.15) is 0 Å². The topological polar surface area (TPSA) is 38.9 Å². The van der Waals surface area contributed by atoms with E-state index in [0.29, 0.717) is 11.8 Å². The van der Waals surface area contributed by atoms with E-state index < -0.39 is 0 Å². The van der Waals surface area contributed by atoms with Crippen LogP contribution in [-0.2, 0) is 0 Å². The smallest absolute Gasteiger partial charge is 0.248 e. The molecule has 0 aliphatic rings. The molecular formula is C22H18N2O. The summed E-state index contributed by atoms with van der Waals surface area (Å²) in [5.41, 5.74) is 6.82. The molecule has 0 saturated carbocycles. The third-order valence-electron chi connectivity index (χ3n) is 4.27. The minimum absolute atomic E-state index is 0.533. The molecule has 0 amide bonds. The first-order valence-electron chi connectivity index (χ1n) is 8.28. The fraction of sp³-hybridized carbons (Fsp3) is 0.0909. The Kier molecular flexibility index (Phi) is 3.90. The van der Waals surface area contributed by atoms with Crippen LogP contribution in [0.15, 0.2) is 77.2 Å². The first-order valence-corrected chi connectivity index (χ1v) is 8.28. The number of rotatable bonds is 3. The second-order valence-electron chi connectivity index (χ2n) is 6.17. The van der Waals surface area contributed by atoms with Crippen LogP contribution in [0.3, 0.4) is 0 Å². The van der Waals surface area contributed by atoms with Gasteiger partial charge in [0.05, 0.1) is 0 Å². The van der Waals surface area contributed by atoms with Crippen LogP contribution >= 0.6 is 0 Å². The van der Waals surface area contributed by atoms with E-state index in [1.165, 1.54) is 22.3 Å². The summed E-state index contributed by atoms with van der Waals surface area (Å²) in [6.07, 6.45) is 0. The standard InChI is InChI=1S/C22H18N2O/c1-15-8-13-20(16(2)14-15)17-9-11-19(12-10-17)22-24-23-21(25-22)18-6-4-3-5-7-18/h3-14H,1-2H3. The van der Waals surface area contributed by atoms with Gasteiger partial charge in [-0.2, -0.15) is 0 Å². The highest BCUT2D eigenvalue weighted by Gasteiger charge is 2.10. The number of hydrogen-bond donors (Lipinski definition) is 0. The van der Waals surface area contributed by atoms with Gasteiger partial charge >= 0.3 is 0 Å². The molecule has 122 valence electrons. The van der Waals surface area contributed by atoms with Gasteiger partial charge in [-0.1, -0.05) is 54.1 Å². The van der Waals surface area contributed by atoms with Crippen LogP contribution in [0.2, 0.25) is 0 Å². The van der Waals surface area contributed by atoms with Gasteiger partial charge < -0.3 is 4.42 Å². The molecule has 4 rings (SSSR count). The molecule has 3 nitrogen and oxygen atoms in total. The summed E-state index contributed by atoms with van der Waals surface area (Å²) >= 11 is 0. The Morgan fingerprint density at radius 2 is 1.24 bits per heavy atom. The molecule has 0 aliphatic carbocycles. The average Bonchev–Trinajstić information content (AvgIpc) is 3.13. The number of nitrogens with zero attached hydrogens (tertiary/aromatic N) is 2. The Balaban J connectivity index is 1.64. The average molecular weight is 326 g/mol. The van der Waals surface area contributed by atoms with Crippen LogP contribution in [0.5, 0.6) is 0 Å². The van der Waals surface area contributed by atoms with Gasteiger partial charge in [0.15, 0.2) is 0 Å². The first kappa shape index (κ1) is 15.3. The highest BCUT2D eigenvalue weighted by Crippen LogP contribution is 2.28. The molecule has 0 unspecified atom stereocenters. The summed E-state index contributed by atoms with van der Waals surface area (Å²) in [6, 6.07) is 24.5. The first-order chi connectivity index (χ1) is 12.2. The molecule has 0 bridgehead atoms. The Labute approximate surface area is 147 Å². The molecule has 0 N–H and O–H groups in total. The van der Waals surface area contributed by atoms with E-state index >= 15 is 0 Å². The summed E-state index contributed by atoms with van der Waals surface area (Å²) in [7, 11) is 0. The maximum Gasteiger partial charge on any atom is 0.248 e. The molecule has 0 spiro atoms. The van der Waals surface area contributed by atoms with Gasteiger partial charge in [0, 0.05) is 11.1 Å². The van der Waals surface area contributed by atoms with Gasteiger partial charge in [-0.05, 0) is 54.8 Å². The van der Waals surface area contributed by atoms with Crippen molar-refractivity contribution in [1.82, 2.24) is 10.2 Å². The third kappa shape index (κ3) is 3.09. The van der Waals surface area contributed by atoms with Crippen molar-refractivity contribution in [2.45, 2.75) is 13.8 Å². The highest BCUT2D eigenvalue weighted by atomic mass is 16.4. The van der Waals surface area contributed by atoms with Crippen LogP contribution in [0, 0.1) is 13.8 Å². The molecule has 0 atom stereocenters. The lowest BCUT2D eigenvalue weighted by atomic mass is 9.98. The van der Waals surface area contributed by atoms with Gasteiger partial charge in [-0.3, -0.25) is 0 Å². The van der Waals surface area contributed by atoms with Gasteiger partial charge in [0.25, 0.3) is 0 Å². The van der Waals surface area contributed by atoms with E-state index in [1.807, 2.05) is 42.5 Å². The molecule has 0 aliphatic heterocycles. The predicted molar refractivity (Wildman–Crippen MR) is 100 cm³/mol. The van der Waals surface area contributed by atoms with Crippen LogP contribution in [-0.4, -0.2) is 10.2 Å². The van der Waals surface area contributed by atoms with Gasteiger partial charge in [-0.15, -0.1) is 10.2 Å². The molecule has 3 heteroatoms. The van der Waals surface area contributed by atoms with Gasteiger partial charge in [0.2, 0.25) is 11.8 Å². The highest BCUT2D eigenvalue weighted by molar-refractivity contribution is 5.70. The molecule has 0 fully saturated rings. The van der Waals surface area contributed by atoms with E-state index in [1.54, 1.807) is 0 Å². The second-order valence-corrected chi connectivity index (χ2v) is 6.17. The summed E-state index contributed by atoms with van der Waals surface area (Å²) in [5.74, 6) is 1.07. The predicted octanol–water partition coefficient (Wildman–Crippen LogP) is 5.69. The Bertz CT molecular complexity index is 1000. The van der Waals surface area contributed by atoms with E-state index in [0.717, 1.165) is 11.1 Å². The Morgan fingerprint density at radius 1 is 0.640 bits per heavy atom. The van der Waals surface area contributed by atoms with Crippen LogP contribution in [0.1, 0.15) is 11.1 Å². The molecule has 3 aromatic carbocycles. The summed E-state index contributed by atoms with van der Waals surface area (Å²) < 4.78 is 5.82. The minimum atomic E-state index is 0.533. The number of benzene rings is 3. The lowest BCUT2D eigenvalue weighted by molar-refractivity contribution is 0.584. The van der Waals surface area contributed by atoms with E-state index in [2.05, 4.69) is 54.4 Å². The third-order valence-corrected chi connectivity index (χ3v) is 4.27. The number of aryl methyl sites for hydroxylation is 2. The summed E-state index contributed by atoms with van der Waals surface area (Å²) in [6.45, 7) is 4.25. The largest absolute Gasteiger partial charge is 0.416 e. The normalized spacial score (nSPS) is 10.8. The zero-order chi connectivity index (χ0) is 17.2. The van der Waals surface area contributed by atoms with E-state index in [-0.39, 0.29) is 0 Å². The van der Waals surface area contributed by atoms with Crippen molar-refractivity contribution < 1.29 is 4.42 Å². The van der Waals surface area contributed by atoms with Gasteiger partial charge in [-0.25, -0.2) is 0 Å². The van der Waals surface area contributed by atoms with Crippen LogP contribution in [0.4, 0.5) is 0 Å². The molecule has 4 aromatic rings. The molecule has 1 aromatic heterocycles. The maximum atomic E-state index is 5.82. The SMILES string of the molecule is Cc1ccc(-c2ccc(-c3nnc(-c4ccccc4)o3)cc2)c(C)c1. The lowest BCUT2D eigenvalue weighted by Crippen LogP contribution is -1.85. The van der Waals surface area contributed by atoms with Crippen LogP contribution in [0.25, 0.3) is 34.0 Å². The second kappa shape index (κ2) is 6.36. The van der Waals surface area contributed by atoms with Crippen molar-refractivity contribution in [3.63, 3.8) is 0 Å². The molecular weight excluding hydrogens is 308 g/mol. The van der Waals surface area contributed by atoms with E-state index in [9.17, 15) is 0 Å². The minimum Gasteiger partial charge on any atom is -0.416 e. The van der Waals surface area contributed by atoms with E-state index in [4.69, 9.17) is 4.42 Å². The fourth-order valence-corrected chi connectivity index (χ4v) is 2.97. The van der Waals surface area contributed by atoms with Crippen molar-refractivity contribution in [1.29, 1.82) is 0 Å².